The fourth-order valence-corrected chi connectivity index (χ4v) is 4.14. The summed E-state index contributed by atoms with van der Waals surface area (Å²) in [4.78, 5) is 2.74. The highest BCUT2D eigenvalue weighted by Crippen LogP contribution is 2.38. The molecular formula is C18H28N2S. The lowest BCUT2D eigenvalue weighted by atomic mass is 9.86. The molecule has 2 atom stereocenters. The Labute approximate surface area is 133 Å². The van der Waals surface area contributed by atoms with Gasteiger partial charge in [-0.2, -0.15) is 11.8 Å². The van der Waals surface area contributed by atoms with Crippen LogP contribution in [0, 0.1) is 5.92 Å². The molecule has 1 aliphatic heterocycles. The number of hydrogen-bond acceptors (Lipinski definition) is 3. The average Bonchev–Trinajstić information content (AvgIpc) is 3.35. The zero-order valence-corrected chi connectivity index (χ0v) is 14.2. The Balaban J connectivity index is 1.75. The van der Waals surface area contributed by atoms with E-state index in [4.69, 9.17) is 0 Å². The van der Waals surface area contributed by atoms with Crippen LogP contribution >= 0.6 is 11.8 Å². The van der Waals surface area contributed by atoms with Gasteiger partial charge in [-0.15, -0.1) is 0 Å². The van der Waals surface area contributed by atoms with E-state index in [-0.39, 0.29) is 5.54 Å². The molecule has 2 nitrogen and oxygen atoms in total. The summed E-state index contributed by atoms with van der Waals surface area (Å²) in [5.41, 5.74) is 1.59. The molecule has 1 aromatic carbocycles. The zero-order valence-electron chi connectivity index (χ0n) is 13.3. The van der Waals surface area contributed by atoms with E-state index in [0.717, 1.165) is 12.5 Å². The van der Waals surface area contributed by atoms with Crippen molar-refractivity contribution in [2.75, 3.05) is 31.1 Å². The van der Waals surface area contributed by atoms with E-state index in [9.17, 15) is 0 Å². The third-order valence-corrected chi connectivity index (χ3v) is 6.00. The maximum Gasteiger partial charge on any atom is 0.0558 e. The highest BCUT2D eigenvalue weighted by molar-refractivity contribution is 7.99. The molecular weight excluding hydrogens is 276 g/mol. The molecule has 1 N–H and O–H groups in total. The van der Waals surface area contributed by atoms with E-state index in [1.165, 1.54) is 43.0 Å². The standard InChI is InChI=1S/C18H28N2S/c1-3-21-12-11-20-13-17(15-9-10-15)19-14-18(20,2)16-7-5-4-6-8-16/h4-8,15,17,19H,3,9-14H2,1-2H3. The predicted octanol–water partition coefficient (Wildman–Crippen LogP) is 3.34. The van der Waals surface area contributed by atoms with E-state index in [1.54, 1.807) is 0 Å². The third kappa shape index (κ3) is 3.46. The van der Waals surface area contributed by atoms with Crippen LogP contribution in [0.15, 0.2) is 30.3 Å². The summed E-state index contributed by atoms with van der Waals surface area (Å²) in [6.45, 7) is 8.16. The number of hydrogen-bond donors (Lipinski definition) is 1. The number of piperazine rings is 1. The fourth-order valence-electron chi connectivity index (χ4n) is 3.50. The van der Waals surface area contributed by atoms with Gasteiger partial charge in [0.05, 0.1) is 5.54 Å². The summed E-state index contributed by atoms with van der Waals surface area (Å²) < 4.78 is 0. The predicted molar refractivity (Wildman–Crippen MR) is 92.9 cm³/mol. The molecule has 1 saturated carbocycles. The molecule has 0 radical (unpaired) electrons. The quantitative estimate of drug-likeness (QED) is 0.812. The smallest absolute Gasteiger partial charge is 0.0558 e. The second kappa shape index (κ2) is 6.72. The van der Waals surface area contributed by atoms with Crippen molar-refractivity contribution in [3.05, 3.63) is 35.9 Å². The first-order valence-electron chi connectivity index (χ1n) is 8.36. The van der Waals surface area contributed by atoms with Crippen molar-refractivity contribution in [1.82, 2.24) is 10.2 Å². The molecule has 1 aliphatic carbocycles. The highest BCUT2D eigenvalue weighted by atomic mass is 32.2. The summed E-state index contributed by atoms with van der Waals surface area (Å²) in [6, 6.07) is 11.8. The number of benzene rings is 1. The Hall–Kier alpha value is -0.510. The summed E-state index contributed by atoms with van der Waals surface area (Å²) in [5, 5.41) is 3.84. The van der Waals surface area contributed by atoms with Crippen molar-refractivity contribution in [1.29, 1.82) is 0 Å². The van der Waals surface area contributed by atoms with Gasteiger partial charge in [0.2, 0.25) is 0 Å². The lowest BCUT2D eigenvalue weighted by Crippen LogP contribution is -2.62. The molecule has 0 bridgehead atoms. The van der Waals surface area contributed by atoms with Crippen LogP contribution in [0.2, 0.25) is 0 Å². The molecule has 116 valence electrons. The van der Waals surface area contributed by atoms with Gasteiger partial charge < -0.3 is 5.32 Å². The molecule has 0 spiro atoms. The molecule has 0 aromatic heterocycles. The molecule has 21 heavy (non-hydrogen) atoms. The van der Waals surface area contributed by atoms with Crippen molar-refractivity contribution < 1.29 is 0 Å². The van der Waals surface area contributed by atoms with Crippen LogP contribution in [-0.4, -0.2) is 42.1 Å². The molecule has 3 heteroatoms. The summed E-state index contributed by atoms with van der Waals surface area (Å²) in [6.07, 6.45) is 2.86. The lowest BCUT2D eigenvalue weighted by molar-refractivity contribution is 0.0510. The van der Waals surface area contributed by atoms with Gasteiger partial charge in [-0.3, -0.25) is 4.90 Å². The molecule has 2 fully saturated rings. The van der Waals surface area contributed by atoms with Crippen LogP contribution in [0.1, 0.15) is 32.3 Å². The molecule has 3 rings (SSSR count). The van der Waals surface area contributed by atoms with E-state index in [1.807, 2.05) is 0 Å². The maximum absolute atomic E-state index is 3.84. The molecule has 1 aromatic rings. The maximum atomic E-state index is 3.84. The Kier molecular flexibility index (Phi) is 4.92. The van der Waals surface area contributed by atoms with Crippen molar-refractivity contribution in [3.8, 4) is 0 Å². The Bertz CT molecular complexity index is 446. The van der Waals surface area contributed by atoms with Gasteiger partial charge in [-0.05, 0) is 37.0 Å². The minimum absolute atomic E-state index is 0.140. The van der Waals surface area contributed by atoms with Crippen LogP contribution in [0.3, 0.4) is 0 Å². The second-order valence-electron chi connectivity index (χ2n) is 6.61. The minimum atomic E-state index is 0.140. The Morgan fingerprint density at radius 2 is 2.05 bits per heavy atom. The van der Waals surface area contributed by atoms with Gasteiger partial charge in [-0.25, -0.2) is 0 Å². The minimum Gasteiger partial charge on any atom is -0.310 e. The Morgan fingerprint density at radius 3 is 2.71 bits per heavy atom. The van der Waals surface area contributed by atoms with E-state index in [0.29, 0.717) is 6.04 Å². The number of nitrogens with zero attached hydrogens (tertiary/aromatic N) is 1. The SMILES string of the molecule is CCSCCN1CC(C2CC2)NCC1(C)c1ccccc1. The molecule has 2 aliphatic rings. The fraction of sp³-hybridized carbons (Fsp3) is 0.667. The third-order valence-electron chi connectivity index (χ3n) is 5.12. The van der Waals surface area contributed by atoms with Gasteiger partial charge in [0.1, 0.15) is 0 Å². The van der Waals surface area contributed by atoms with E-state index < -0.39 is 0 Å². The molecule has 2 unspecified atom stereocenters. The topological polar surface area (TPSA) is 15.3 Å². The molecule has 1 heterocycles. The second-order valence-corrected chi connectivity index (χ2v) is 8.00. The van der Waals surface area contributed by atoms with Crippen LogP contribution in [0.4, 0.5) is 0 Å². The number of rotatable bonds is 6. The van der Waals surface area contributed by atoms with Crippen LogP contribution < -0.4 is 5.32 Å². The van der Waals surface area contributed by atoms with Gasteiger partial charge >= 0.3 is 0 Å². The zero-order chi connectivity index (χ0) is 14.7. The first kappa shape index (κ1) is 15.4. The first-order valence-corrected chi connectivity index (χ1v) is 9.51. The Morgan fingerprint density at radius 1 is 1.29 bits per heavy atom. The first-order chi connectivity index (χ1) is 10.2. The van der Waals surface area contributed by atoms with Gasteiger partial charge in [0.25, 0.3) is 0 Å². The largest absolute Gasteiger partial charge is 0.310 e. The van der Waals surface area contributed by atoms with Crippen molar-refractivity contribution >= 4 is 11.8 Å². The van der Waals surface area contributed by atoms with Gasteiger partial charge in [0.15, 0.2) is 0 Å². The van der Waals surface area contributed by atoms with E-state index >= 15 is 0 Å². The normalized spacial score (nSPS) is 30.5. The van der Waals surface area contributed by atoms with Crippen molar-refractivity contribution in [2.24, 2.45) is 5.92 Å². The van der Waals surface area contributed by atoms with Crippen LogP contribution in [0.25, 0.3) is 0 Å². The molecule has 1 saturated heterocycles. The number of thioether (sulfide) groups is 1. The highest BCUT2D eigenvalue weighted by Gasteiger charge is 2.43. The van der Waals surface area contributed by atoms with Crippen LogP contribution in [-0.2, 0) is 5.54 Å². The summed E-state index contributed by atoms with van der Waals surface area (Å²) in [7, 11) is 0. The van der Waals surface area contributed by atoms with Crippen molar-refractivity contribution in [2.45, 2.75) is 38.3 Å². The summed E-state index contributed by atoms with van der Waals surface area (Å²) >= 11 is 2.06. The molecule has 0 amide bonds. The summed E-state index contributed by atoms with van der Waals surface area (Å²) in [5.74, 6) is 3.41. The van der Waals surface area contributed by atoms with Crippen molar-refractivity contribution in [3.63, 3.8) is 0 Å². The number of nitrogens with one attached hydrogen (secondary N) is 1. The van der Waals surface area contributed by atoms with E-state index in [2.05, 4.69) is 66.2 Å². The average molecular weight is 305 g/mol. The van der Waals surface area contributed by atoms with Gasteiger partial charge in [0, 0.05) is 31.4 Å². The lowest BCUT2D eigenvalue weighted by Gasteiger charge is -2.49. The van der Waals surface area contributed by atoms with Crippen LogP contribution in [0.5, 0.6) is 0 Å². The van der Waals surface area contributed by atoms with Gasteiger partial charge in [-0.1, -0.05) is 37.3 Å². The monoisotopic (exact) mass is 304 g/mol.